The lowest BCUT2D eigenvalue weighted by molar-refractivity contribution is 0.0697. The first-order valence-corrected chi connectivity index (χ1v) is 10.6. The van der Waals surface area contributed by atoms with Gasteiger partial charge in [-0.1, -0.05) is 12.1 Å². The fourth-order valence-electron chi connectivity index (χ4n) is 4.23. The molecule has 2 aromatic carbocycles. The maximum Gasteiger partial charge on any atom is 0.335 e. The van der Waals surface area contributed by atoms with E-state index in [0.717, 1.165) is 0 Å². The van der Waals surface area contributed by atoms with Crippen molar-refractivity contribution in [1.82, 2.24) is 19.5 Å². The molecule has 0 atom stereocenters. The van der Waals surface area contributed by atoms with Crippen LogP contribution in [-0.4, -0.2) is 63.9 Å². The number of nitrogens with one attached hydrogen (secondary N) is 1. The standard InChI is InChI=1S/C23H21FN6O4/c1-34-18-7-6-14(22(31)32)12-17(18)28-8-10-29(11-9-28)20-19-21(26-13-25-20)30(23(33)27-19)16-5-3-2-4-15(16)24/h2-7,12-13H,8-11H2,1H3,(H,27,33)(H,31,32). The first-order chi connectivity index (χ1) is 16.5. The highest BCUT2D eigenvalue weighted by Gasteiger charge is 2.25. The summed E-state index contributed by atoms with van der Waals surface area (Å²) in [6.45, 7) is 2.26. The zero-order chi connectivity index (χ0) is 23.8. The lowest BCUT2D eigenvalue weighted by Crippen LogP contribution is -2.47. The summed E-state index contributed by atoms with van der Waals surface area (Å²) in [5, 5.41) is 9.35. The van der Waals surface area contributed by atoms with Gasteiger partial charge in [-0.15, -0.1) is 0 Å². The molecule has 0 saturated carbocycles. The molecule has 0 bridgehead atoms. The van der Waals surface area contributed by atoms with Gasteiger partial charge in [0.15, 0.2) is 11.5 Å². The van der Waals surface area contributed by atoms with Crippen LogP contribution in [0.15, 0.2) is 53.6 Å². The molecule has 0 aliphatic carbocycles. The van der Waals surface area contributed by atoms with E-state index >= 15 is 0 Å². The Morgan fingerprint density at radius 2 is 1.79 bits per heavy atom. The van der Waals surface area contributed by atoms with E-state index in [9.17, 15) is 19.1 Å². The summed E-state index contributed by atoms with van der Waals surface area (Å²) in [6.07, 6.45) is 1.36. The predicted octanol–water partition coefficient (Wildman–Crippen LogP) is 2.28. The molecule has 5 rings (SSSR count). The van der Waals surface area contributed by atoms with Crippen molar-refractivity contribution in [3.8, 4) is 11.4 Å². The average molecular weight is 464 g/mol. The van der Waals surface area contributed by atoms with Crippen molar-refractivity contribution in [2.75, 3.05) is 43.1 Å². The van der Waals surface area contributed by atoms with Crippen molar-refractivity contribution in [3.05, 3.63) is 70.7 Å². The van der Waals surface area contributed by atoms with Gasteiger partial charge in [0, 0.05) is 26.2 Å². The number of aromatic carboxylic acids is 1. The fraction of sp³-hybridized carbons (Fsp3) is 0.217. The van der Waals surface area contributed by atoms with E-state index in [1.54, 1.807) is 31.4 Å². The minimum atomic E-state index is -1.01. The number of imidazole rings is 1. The van der Waals surface area contributed by atoms with Gasteiger partial charge in [-0.3, -0.25) is 0 Å². The third-order valence-electron chi connectivity index (χ3n) is 5.89. The number of carbonyl (C=O) groups is 1. The number of ether oxygens (including phenoxy) is 1. The molecule has 1 aliphatic heterocycles. The Balaban J connectivity index is 1.45. The summed E-state index contributed by atoms with van der Waals surface area (Å²) in [6, 6.07) is 10.8. The monoisotopic (exact) mass is 464 g/mol. The SMILES string of the molecule is COc1ccc(C(=O)O)cc1N1CCN(c2ncnc3c2[nH]c(=O)n3-c2ccccc2F)CC1. The minimum Gasteiger partial charge on any atom is -0.495 e. The third kappa shape index (κ3) is 3.60. The van der Waals surface area contributed by atoms with Crippen molar-refractivity contribution in [2.24, 2.45) is 0 Å². The number of aromatic nitrogens is 4. The number of hydrogen-bond donors (Lipinski definition) is 2. The van der Waals surface area contributed by atoms with E-state index in [1.807, 2.05) is 9.80 Å². The van der Waals surface area contributed by atoms with Gasteiger partial charge >= 0.3 is 11.7 Å². The van der Waals surface area contributed by atoms with Crippen LogP contribution in [0, 0.1) is 5.82 Å². The number of nitrogens with zero attached hydrogens (tertiary/aromatic N) is 5. The summed E-state index contributed by atoms with van der Waals surface area (Å²) in [7, 11) is 1.55. The number of fused-ring (bicyclic) bond motifs is 1. The molecule has 0 amide bonds. The second kappa shape index (κ2) is 8.50. The smallest absolute Gasteiger partial charge is 0.335 e. The van der Waals surface area contributed by atoms with Crippen LogP contribution < -0.4 is 20.2 Å². The minimum absolute atomic E-state index is 0.110. The van der Waals surface area contributed by atoms with Crippen LogP contribution >= 0.6 is 0 Å². The second-order valence-corrected chi connectivity index (χ2v) is 7.78. The summed E-state index contributed by atoms with van der Waals surface area (Å²) in [5.74, 6) is -0.400. The Hall–Kier alpha value is -4.41. The van der Waals surface area contributed by atoms with Crippen LogP contribution in [0.25, 0.3) is 16.9 Å². The van der Waals surface area contributed by atoms with Crippen LogP contribution in [0.5, 0.6) is 5.75 Å². The van der Waals surface area contributed by atoms with Crippen LogP contribution in [-0.2, 0) is 0 Å². The average Bonchev–Trinajstić information content (AvgIpc) is 3.19. The Morgan fingerprint density at radius 3 is 2.50 bits per heavy atom. The first kappa shape index (κ1) is 21.4. The van der Waals surface area contributed by atoms with Gasteiger partial charge in [0.2, 0.25) is 0 Å². The van der Waals surface area contributed by atoms with Gasteiger partial charge in [0.05, 0.1) is 24.0 Å². The number of halogens is 1. The number of piperazine rings is 1. The van der Waals surface area contributed by atoms with Gasteiger partial charge < -0.3 is 24.6 Å². The molecule has 2 N–H and O–H groups in total. The van der Waals surface area contributed by atoms with Crippen molar-refractivity contribution in [2.45, 2.75) is 0 Å². The number of hydrogen-bond acceptors (Lipinski definition) is 7. The molecule has 11 heteroatoms. The van der Waals surface area contributed by atoms with Crippen LogP contribution in [0.4, 0.5) is 15.9 Å². The van der Waals surface area contributed by atoms with Gasteiger partial charge in [0.25, 0.3) is 0 Å². The summed E-state index contributed by atoms with van der Waals surface area (Å²) in [4.78, 5) is 39.6. The zero-order valence-electron chi connectivity index (χ0n) is 18.2. The van der Waals surface area contributed by atoms with E-state index in [4.69, 9.17) is 4.74 Å². The van der Waals surface area contributed by atoms with Crippen molar-refractivity contribution >= 4 is 28.6 Å². The van der Waals surface area contributed by atoms with E-state index in [1.165, 1.54) is 29.1 Å². The number of carboxylic acid groups (broad SMARTS) is 1. The maximum atomic E-state index is 14.4. The van der Waals surface area contributed by atoms with Crippen LogP contribution in [0.2, 0.25) is 0 Å². The molecule has 1 aliphatic rings. The molecule has 0 spiro atoms. The van der Waals surface area contributed by atoms with Crippen molar-refractivity contribution in [1.29, 1.82) is 0 Å². The highest BCUT2D eigenvalue weighted by Crippen LogP contribution is 2.31. The Kier molecular flexibility index (Phi) is 5.36. The Bertz CT molecular complexity index is 1440. The number of para-hydroxylation sites is 1. The molecule has 1 saturated heterocycles. The second-order valence-electron chi connectivity index (χ2n) is 7.78. The van der Waals surface area contributed by atoms with Gasteiger partial charge in [-0.25, -0.2) is 28.5 Å². The predicted molar refractivity (Wildman–Crippen MR) is 124 cm³/mol. The fourth-order valence-corrected chi connectivity index (χ4v) is 4.23. The number of anilines is 2. The molecule has 0 unspecified atom stereocenters. The molecule has 10 nitrogen and oxygen atoms in total. The highest BCUT2D eigenvalue weighted by atomic mass is 19.1. The molecule has 174 valence electrons. The molecular weight excluding hydrogens is 443 g/mol. The number of methoxy groups -OCH3 is 1. The van der Waals surface area contributed by atoms with Gasteiger partial charge in [0.1, 0.15) is 23.4 Å². The lowest BCUT2D eigenvalue weighted by atomic mass is 10.1. The molecule has 4 aromatic rings. The highest BCUT2D eigenvalue weighted by molar-refractivity contribution is 5.90. The molecule has 1 fully saturated rings. The Morgan fingerprint density at radius 1 is 1.06 bits per heavy atom. The number of carboxylic acids is 1. The lowest BCUT2D eigenvalue weighted by Gasteiger charge is -2.37. The summed E-state index contributed by atoms with van der Waals surface area (Å²) < 4.78 is 21.0. The quantitative estimate of drug-likeness (QED) is 0.462. The third-order valence-corrected chi connectivity index (χ3v) is 5.89. The molecule has 3 heterocycles. The summed E-state index contributed by atoms with van der Waals surface area (Å²) in [5.41, 5.74) is 1.21. The van der Waals surface area contributed by atoms with E-state index in [-0.39, 0.29) is 11.3 Å². The largest absolute Gasteiger partial charge is 0.495 e. The van der Waals surface area contributed by atoms with E-state index < -0.39 is 17.5 Å². The van der Waals surface area contributed by atoms with E-state index in [2.05, 4.69) is 15.0 Å². The number of rotatable bonds is 5. The van der Waals surface area contributed by atoms with Gasteiger partial charge in [-0.2, -0.15) is 0 Å². The zero-order valence-corrected chi connectivity index (χ0v) is 18.2. The Labute approximate surface area is 192 Å². The molecular formula is C23H21FN6O4. The molecule has 34 heavy (non-hydrogen) atoms. The van der Waals surface area contributed by atoms with E-state index in [0.29, 0.717) is 54.6 Å². The molecule has 2 aromatic heterocycles. The van der Waals surface area contributed by atoms with Crippen LogP contribution in [0.3, 0.4) is 0 Å². The number of benzene rings is 2. The van der Waals surface area contributed by atoms with Gasteiger partial charge in [-0.05, 0) is 30.3 Å². The first-order valence-electron chi connectivity index (χ1n) is 10.6. The normalized spacial score (nSPS) is 13.9. The van der Waals surface area contributed by atoms with Crippen molar-refractivity contribution < 1.29 is 19.0 Å². The maximum absolute atomic E-state index is 14.4. The topological polar surface area (TPSA) is 117 Å². The molecule has 0 radical (unpaired) electrons. The number of aromatic amines is 1. The summed E-state index contributed by atoms with van der Waals surface area (Å²) >= 11 is 0. The van der Waals surface area contributed by atoms with Crippen LogP contribution in [0.1, 0.15) is 10.4 Å². The number of H-pyrrole nitrogens is 1. The van der Waals surface area contributed by atoms with Crippen molar-refractivity contribution in [3.63, 3.8) is 0 Å².